The molecule has 0 aliphatic carbocycles. The molecule has 0 aromatic rings. The molecular formula is C7H17NO5S3. The van der Waals surface area contributed by atoms with E-state index in [1.54, 1.807) is 0 Å². The van der Waals surface area contributed by atoms with E-state index < -0.39 is 24.9 Å². The number of sulfonamides is 1. The molecule has 0 radical (unpaired) electrons. The molecule has 6 nitrogen and oxygen atoms in total. The van der Waals surface area contributed by atoms with Gasteiger partial charge in [-0.25, -0.2) is 21.6 Å². The van der Waals surface area contributed by atoms with E-state index in [-0.39, 0.29) is 13.2 Å². The van der Waals surface area contributed by atoms with Gasteiger partial charge in [0.15, 0.2) is 14.9 Å². The molecule has 0 saturated carbocycles. The van der Waals surface area contributed by atoms with Crippen LogP contribution in [0.25, 0.3) is 0 Å². The summed E-state index contributed by atoms with van der Waals surface area (Å²) in [6, 6.07) is 0. The minimum absolute atomic E-state index is 0.118. The third kappa shape index (κ3) is 10.7. The van der Waals surface area contributed by atoms with Gasteiger partial charge in [-0.2, -0.15) is 11.8 Å². The van der Waals surface area contributed by atoms with E-state index in [1.165, 1.54) is 11.8 Å². The molecular weight excluding hydrogens is 274 g/mol. The molecule has 0 rings (SSSR count). The lowest BCUT2D eigenvalue weighted by Gasteiger charge is -2.05. The van der Waals surface area contributed by atoms with Crippen molar-refractivity contribution in [3.8, 4) is 0 Å². The molecule has 0 amide bonds. The molecule has 0 aromatic carbocycles. The fourth-order valence-electron chi connectivity index (χ4n) is 0.862. The largest absolute Gasteiger partial charge is 0.396 e. The van der Waals surface area contributed by atoms with Crippen LogP contribution in [0, 0.1) is 0 Å². The second-order valence-electron chi connectivity index (χ2n) is 3.24. The van der Waals surface area contributed by atoms with Crippen molar-refractivity contribution in [1.82, 2.24) is 4.72 Å². The highest BCUT2D eigenvalue weighted by atomic mass is 32.3. The Morgan fingerprint density at radius 3 is 2.31 bits per heavy atom. The van der Waals surface area contributed by atoms with E-state index in [9.17, 15) is 16.8 Å². The summed E-state index contributed by atoms with van der Waals surface area (Å²) in [5.41, 5.74) is 0. The van der Waals surface area contributed by atoms with E-state index in [1.807, 2.05) is 0 Å². The molecule has 0 bridgehead atoms. The number of hydrogen-bond acceptors (Lipinski definition) is 6. The Morgan fingerprint density at radius 1 is 1.19 bits per heavy atom. The monoisotopic (exact) mass is 291 g/mol. The maximum absolute atomic E-state index is 11.2. The molecule has 0 aromatic heterocycles. The van der Waals surface area contributed by atoms with E-state index in [2.05, 4.69) is 4.72 Å². The highest BCUT2D eigenvalue weighted by Gasteiger charge is 2.16. The molecule has 0 aliphatic rings. The van der Waals surface area contributed by atoms with Gasteiger partial charge in [0.1, 0.15) is 0 Å². The molecule has 0 heterocycles. The lowest BCUT2D eigenvalue weighted by molar-refractivity contribution is 0.296. The summed E-state index contributed by atoms with van der Waals surface area (Å²) in [6.45, 7) is 0.320. The van der Waals surface area contributed by atoms with Crippen LogP contribution in [0.3, 0.4) is 0 Å². The summed E-state index contributed by atoms with van der Waals surface area (Å²) in [6.07, 6.45) is 1.54. The van der Waals surface area contributed by atoms with E-state index in [0.29, 0.717) is 12.2 Å². The van der Waals surface area contributed by atoms with Crippen LogP contribution in [-0.2, 0) is 19.9 Å². The van der Waals surface area contributed by atoms with Gasteiger partial charge < -0.3 is 5.11 Å². The zero-order chi connectivity index (χ0) is 12.7. The average Bonchev–Trinajstić information content (AvgIpc) is 2.06. The van der Waals surface area contributed by atoms with Gasteiger partial charge in [-0.3, -0.25) is 0 Å². The van der Waals surface area contributed by atoms with Crippen molar-refractivity contribution < 1.29 is 21.9 Å². The quantitative estimate of drug-likeness (QED) is 0.530. The fourth-order valence-corrected chi connectivity index (χ4v) is 4.78. The minimum Gasteiger partial charge on any atom is -0.396 e. The van der Waals surface area contributed by atoms with E-state index in [0.717, 1.165) is 12.0 Å². The molecule has 0 saturated heterocycles. The van der Waals surface area contributed by atoms with Crippen molar-refractivity contribution >= 4 is 31.6 Å². The van der Waals surface area contributed by atoms with Gasteiger partial charge in [-0.05, 0) is 12.2 Å². The normalized spacial score (nSPS) is 12.9. The number of rotatable bonds is 9. The average molecular weight is 291 g/mol. The first-order valence-corrected chi connectivity index (χ1v) is 9.47. The topological polar surface area (TPSA) is 101 Å². The smallest absolute Gasteiger partial charge is 0.226 e. The van der Waals surface area contributed by atoms with Crippen molar-refractivity contribution in [2.45, 2.75) is 6.42 Å². The molecule has 0 atom stereocenters. The van der Waals surface area contributed by atoms with E-state index >= 15 is 0 Å². The molecule has 0 fully saturated rings. The Bertz CT molecular complexity index is 375. The third-order valence-electron chi connectivity index (χ3n) is 1.38. The number of nitrogens with one attached hydrogen (secondary N) is 1. The molecule has 9 heteroatoms. The maximum atomic E-state index is 11.2. The second kappa shape index (κ2) is 7.49. The van der Waals surface area contributed by atoms with Crippen LogP contribution in [0.15, 0.2) is 0 Å². The number of thioether (sulfide) groups is 1. The highest BCUT2D eigenvalue weighted by molar-refractivity contribution is 8.06. The van der Waals surface area contributed by atoms with Gasteiger partial charge >= 0.3 is 0 Å². The van der Waals surface area contributed by atoms with Gasteiger partial charge in [0.2, 0.25) is 10.0 Å². The second-order valence-corrected chi connectivity index (χ2v) is 8.78. The van der Waals surface area contributed by atoms with Gasteiger partial charge in [0.05, 0.1) is 0 Å². The molecule has 0 spiro atoms. The fraction of sp³-hybridized carbons (Fsp3) is 1.00. The number of aliphatic hydroxyl groups is 1. The Balaban J connectivity index is 3.76. The van der Waals surface area contributed by atoms with Gasteiger partial charge in [0, 0.05) is 25.2 Å². The predicted molar refractivity (Wildman–Crippen MR) is 65.7 cm³/mol. The number of aliphatic hydroxyl groups excluding tert-OH is 1. The van der Waals surface area contributed by atoms with Gasteiger partial charge in [-0.1, -0.05) is 0 Å². The van der Waals surface area contributed by atoms with Crippen molar-refractivity contribution in [1.29, 1.82) is 0 Å². The van der Waals surface area contributed by atoms with Crippen LogP contribution in [0.4, 0.5) is 0 Å². The summed E-state index contributed by atoms with van der Waals surface area (Å²) >= 11 is 1.50. The zero-order valence-corrected chi connectivity index (χ0v) is 11.5. The van der Waals surface area contributed by atoms with Crippen LogP contribution < -0.4 is 4.72 Å². The molecule has 2 N–H and O–H groups in total. The van der Waals surface area contributed by atoms with Crippen LogP contribution in [0.2, 0.25) is 0 Å². The van der Waals surface area contributed by atoms with Crippen LogP contribution in [0.5, 0.6) is 0 Å². The lowest BCUT2D eigenvalue weighted by atomic mass is 10.5. The predicted octanol–water partition coefficient (Wildman–Crippen LogP) is -0.976. The first-order chi connectivity index (χ1) is 7.27. The summed E-state index contributed by atoms with van der Waals surface area (Å²) in [5.74, 6) is 1.31. The van der Waals surface area contributed by atoms with E-state index in [4.69, 9.17) is 5.11 Å². The number of sulfone groups is 1. The first-order valence-electron chi connectivity index (χ1n) is 4.60. The van der Waals surface area contributed by atoms with Crippen molar-refractivity contribution in [3.63, 3.8) is 0 Å². The zero-order valence-electron chi connectivity index (χ0n) is 9.05. The minimum atomic E-state index is -3.73. The summed E-state index contributed by atoms with van der Waals surface area (Å²) in [7, 11) is -7.26. The molecule has 16 heavy (non-hydrogen) atoms. The third-order valence-corrected chi connectivity index (χ3v) is 6.05. The lowest BCUT2D eigenvalue weighted by Crippen LogP contribution is -2.31. The van der Waals surface area contributed by atoms with Crippen molar-refractivity contribution in [2.75, 3.05) is 36.0 Å². The van der Waals surface area contributed by atoms with Gasteiger partial charge in [-0.15, -0.1) is 0 Å². The van der Waals surface area contributed by atoms with Crippen molar-refractivity contribution in [3.05, 3.63) is 0 Å². The Morgan fingerprint density at radius 2 is 1.81 bits per heavy atom. The summed E-state index contributed by atoms with van der Waals surface area (Å²) < 4.78 is 46.1. The molecule has 98 valence electrons. The van der Waals surface area contributed by atoms with Crippen LogP contribution in [-0.4, -0.2) is 57.9 Å². The van der Waals surface area contributed by atoms with Crippen LogP contribution in [0.1, 0.15) is 6.42 Å². The standard InChI is InChI=1S/C7H17NO5S3/c1-15(10,11)7-16(12,13)8-3-6-14-5-2-4-9/h8-9H,2-7H2,1H3. The highest BCUT2D eigenvalue weighted by Crippen LogP contribution is 2.01. The maximum Gasteiger partial charge on any atom is 0.226 e. The van der Waals surface area contributed by atoms with Gasteiger partial charge in [0.25, 0.3) is 0 Å². The number of hydrogen-bond donors (Lipinski definition) is 2. The first kappa shape index (κ1) is 16.2. The molecule has 0 unspecified atom stereocenters. The summed E-state index contributed by atoms with van der Waals surface area (Å²) in [5, 5.41) is 7.61. The Labute approximate surface area is 101 Å². The van der Waals surface area contributed by atoms with Crippen LogP contribution >= 0.6 is 11.8 Å². The SMILES string of the molecule is CS(=O)(=O)CS(=O)(=O)NCCSCCCO. The Hall–Kier alpha value is 0.170. The van der Waals surface area contributed by atoms with Crippen molar-refractivity contribution in [2.24, 2.45) is 0 Å². The molecule has 0 aliphatic heterocycles. The summed E-state index contributed by atoms with van der Waals surface area (Å²) in [4.78, 5) is 0. The Kier molecular flexibility index (Phi) is 7.57.